The first-order valence-electron chi connectivity index (χ1n) is 8.77. The molecule has 0 bridgehead atoms. The van der Waals surface area contributed by atoms with E-state index in [9.17, 15) is 14.4 Å². The predicted molar refractivity (Wildman–Crippen MR) is 107 cm³/mol. The summed E-state index contributed by atoms with van der Waals surface area (Å²) in [5.41, 5.74) is 2.88. The molecule has 3 aromatic carbocycles. The number of anilines is 1. The summed E-state index contributed by atoms with van der Waals surface area (Å²) in [5, 5.41) is 6.65. The number of carbonyl (C=O) groups excluding carboxylic acids is 3. The average molecular weight is 376 g/mol. The lowest BCUT2D eigenvalue weighted by atomic mass is 10.1. The standard InChI is InChI=1S/C22H20N2O4/c1-14-6-5-9-19(15(14)2)23-22(27)24-20(25)13-28-21(26)18-11-10-16-7-3-4-8-17(16)12-18/h3-12H,13H2,1-2H3,(H2,23,24,25,27). The summed E-state index contributed by atoms with van der Waals surface area (Å²) in [6.07, 6.45) is 0. The number of aryl methyl sites for hydroxylation is 1. The summed E-state index contributed by atoms with van der Waals surface area (Å²) in [6.45, 7) is 3.25. The van der Waals surface area contributed by atoms with Crippen molar-refractivity contribution in [2.45, 2.75) is 13.8 Å². The minimum atomic E-state index is -0.711. The van der Waals surface area contributed by atoms with E-state index in [2.05, 4.69) is 10.6 Å². The fourth-order valence-corrected chi connectivity index (χ4v) is 2.73. The molecule has 3 amide bonds. The largest absolute Gasteiger partial charge is 0.452 e. The van der Waals surface area contributed by atoms with Crippen LogP contribution in [0.1, 0.15) is 21.5 Å². The van der Waals surface area contributed by atoms with Gasteiger partial charge in [-0.05, 0) is 53.9 Å². The van der Waals surface area contributed by atoms with Crippen LogP contribution in [-0.4, -0.2) is 24.5 Å². The third-order valence-corrected chi connectivity index (χ3v) is 4.43. The molecule has 0 fully saturated rings. The molecule has 3 rings (SSSR count). The highest BCUT2D eigenvalue weighted by molar-refractivity contribution is 6.03. The van der Waals surface area contributed by atoms with Crippen LogP contribution in [0, 0.1) is 13.8 Å². The Hall–Kier alpha value is -3.67. The topological polar surface area (TPSA) is 84.5 Å². The quantitative estimate of drug-likeness (QED) is 0.675. The molecular weight excluding hydrogens is 356 g/mol. The highest BCUT2D eigenvalue weighted by atomic mass is 16.5. The van der Waals surface area contributed by atoms with Crippen molar-refractivity contribution in [3.05, 3.63) is 77.4 Å². The summed E-state index contributed by atoms with van der Waals surface area (Å²) < 4.78 is 5.00. The van der Waals surface area contributed by atoms with Crippen LogP contribution in [0.2, 0.25) is 0 Å². The first kappa shape index (κ1) is 19.1. The molecule has 142 valence electrons. The Morgan fingerprint density at radius 2 is 1.64 bits per heavy atom. The minimum Gasteiger partial charge on any atom is -0.452 e. The average Bonchev–Trinajstić information content (AvgIpc) is 2.69. The van der Waals surface area contributed by atoms with Crippen molar-refractivity contribution in [3.63, 3.8) is 0 Å². The second-order valence-electron chi connectivity index (χ2n) is 6.39. The molecule has 0 heterocycles. The summed E-state index contributed by atoms with van der Waals surface area (Å²) in [4.78, 5) is 36.0. The molecule has 0 aliphatic rings. The van der Waals surface area contributed by atoms with Crippen LogP contribution in [0.5, 0.6) is 0 Å². The van der Waals surface area contributed by atoms with Gasteiger partial charge in [0.15, 0.2) is 6.61 Å². The van der Waals surface area contributed by atoms with Gasteiger partial charge in [-0.25, -0.2) is 9.59 Å². The number of carbonyl (C=O) groups is 3. The highest BCUT2D eigenvalue weighted by Crippen LogP contribution is 2.18. The summed E-state index contributed by atoms with van der Waals surface area (Å²) in [6, 6.07) is 17.5. The van der Waals surface area contributed by atoms with Gasteiger partial charge in [0.05, 0.1) is 5.56 Å². The van der Waals surface area contributed by atoms with Gasteiger partial charge >= 0.3 is 12.0 Å². The SMILES string of the molecule is Cc1cccc(NC(=O)NC(=O)COC(=O)c2ccc3ccccc3c2)c1C. The molecule has 3 aromatic rings. The van der Waals surface area contributed by atoms with E-state index in [0.29, 0.717) is 11.3 Å². The molecule has 0 atom stereocenters. The normalized spacial score (nSPS) is 10.4. The lowest BCUT2D eigenvalue weighted by molar-refractivity contribution is -0.123. The molecule has 0 saturated heterocycles. The number of urea groups is 1. The monoisotopic (exact) mass is 376 g/mol. The molecule has 2 N–H and O–H groups in total. The van der Waals surface area contributed by atoms with E-state index in [-0.39, 0.29) is 0 Å². The third kappa shape index (κ3) is 4.54. The molecule has 0 saturated carbocycles. The number of hydrogen-bond donors (Lipinski definition) is 2. The highest BCUT2D eigenvalue weighted by Gasteiger charge is 2.14. The van der Waals surface area contributed by atoms with Gasteiger partial charge in [-0.1, -0.05) is 42.5 Å². The molecule has 6 heteroatoms. The Kier molecular flexibility index (Phi) is 5.69. The van der Waals surface area contributed by atoms with Crippen LogP contribution in [-0.2, 0) is 9.53 Å². The summed E-state index contributed by atoms with van der Waals surface area (Å²) >= 11 is 0. The van der Waals surface area contributed by atoms with Gasteiger partial charge in [0, 0.05) is 5.69 Å². The van der Waals surface area contributed by atoms with Gasteiger partial charge in [0.1, 0.15) is 0 Å². The van der Waals surface area contributed by atoms with Gasteiger partial charge in [-0.2, -0.15) is 0 Å². The van der Waals surface area contributed by atoms with Gasteiger partial charge in [0.25, 0.3) is 5.91 Å². The number of rotatable bonds is 4. The Labute approximate surface area is 162 Å². The van der Waals surface area contributed by atoms with Crippen LogP contribution in [0.25, 0.3) is 10.8 Å². The van der Waals surface area contributed by atoms with Gasteiger partial charge < -0.3 is 10.1 Å². The van der Waals surface area contributed by atoms with E-state index in [1.54, 1.807) is 18.2 Å². The Morgan fingerprint density at radius 1 is 0.893 bits per heavy atom. The van der Waals surface area contributed by atoms with E-state index in [1.807, 2.05) is 56.3 Å². The molecule has 0 unspecified atom stereocenters. The maximum Gasteiger partial charge on any atom is 0.338 e. The van der Waals surface area contributed by atoms with Crippen molar-refractivity contribution >= 4 is 34.4 Å². The van der Waals surface area contributed by atoms with Crippen molar-refractivity contribution in [2.75, 3.05) is 11.9 Å². The number of nitrogens with one attached hydrogen (secondary N) is 2. The van der Waals surface area contributed by atoms with Crippen LogP contribution in [0.15, 0.2) is 60.7 Å². The summed E-state index contributed by atoms with van der Waals surface area (Å²) in [5.74, 6) is -1.34. The van der Waals surface area contributed by atoms with E-state index < -0.39 is 24.5 Å². The van der Waals surface area contributed by atoms with Crippen LogP contribution in [0.4, 0.5) is 10.5 Å². The number of ether oxygens (including phenoxy) is 1. The van der Waals surface area contributed by atoms with Crippen LogP contribution < -0.4 is 10.6 Å². The molecular formula is C22H20N2O4. The maximum absolute atomic E-state index is 12.1. The molecule has 0 aliphatic heterocycles. The minimum absolute atomic E-state index is 0.339. The molecule has 0 spiro atoms. The number of esters is 1. The first-order valence-corrected chi connectivity index (χ1v) is 8.77. The van der Waals surface area contributed by atoms with Crippen molar-refractivity contribution in [1.82, 2.24) is 5.32 Å². The maximum atomic E-state index is 12.1. The van der Waals surface area contributed by atoms with Gasteiger partial charge in [0.2, 0.25) is 0 Å². The van der Waals surface area contributed by atoms with Crippen molar-refractivity contribution in [3.8, 4) is 0 Å². The lowest BCUT2D eigenvalue weighted by Crippen LogP contribution is -2.37. The second kappa shape index (κ2) is 8.35. The smallest absolute Gasteiger partial charge is 0.338 e. The molecule has 0 aliphatic carbocycles. The van der Waals surface area contributed by atoms with Crippen molar-refractivity contribution in [1.29, 1.82) is 0 Å². The predicted octanol–water partition coefficient (Wildman–Crippen LogP) is 3.96. The Balaban J connectivity index is 1.53. The van der Waals surface area contributed by atoms with E-state index >= 15 is 0 Å². The molecule has 28 heavy (non-hydrogen) atoms. The number of hydrogen-bond acceptors (Lipinski definition) is 4. The van der Waals surface area contributed by atoms with Crippen molar-refractivity contribution < 1.29 is 19.1 Å². The van der Waals surface area contributed by atoms with Crippen molar-refractivity contribution in [2.24, 2.45) is 0 Å². The van der Waals surface area contributed by atoms with Gasteiger partial charge in [-0.3, -0.25) is 10.1 Å². The number of amides is 3. The molecule has 0 radical (unpaired) electrons. The van der Waals surface area contributed by atoms with Crippen LogP contribution in [0.3, 0.4) is 0 Å². The van der Waals surface area contributed by atoms with E-state index in [1.165, 1.54) is 0 Å². The Morgan fingerprint density at radius 3 is 2.43 bits per heavy atom. The van der Waals surface area contributed by atoms with Gasteiger partial charge in [-0.15, -0.1) is 0 Å². The van der Waals surface area contributed by atoms with E-state index in [4.69, 9.17) is 4.74 Å². The third-order valence-electron chi connectivity index (χ3n) is 4.43. The number of benzene rings is 3. The first-order chi connectivity index (χ1) is 13.4. The molecule has 0 aromatic heterocycles. The number of fused-ring (bicyclic) bond motifs is 1. The lowest BCUT2D eigenvalue weighted by Gasteiger charge is -2.11. The zero-order valence-corrected chi connectivity index (χ0v) is 15.6. The molecule has 6 nitrogen and oxygen atoms in total. The Bertz CT molecular complexity index is 1060. The fourth-order valence-electron chi connectivity index (χ4n) is 2.73. The zero-order valence-electron chi connectivity index (χ0n) is 15.6. The fraction of sp³-hybridized carbons (Fsp3) is 0.136. The van der Waals surface area contributed by atoms with Crippen LogP contribution >= 0.6 is 0 Å². The summed E-state index contributed by atoms with van der Waals surface area (Å²) in [7, 11) is 0. The van der Waals surface area contributed by atoms with E-state index in [0.717, 1.165) is 21.9 Å². The second-order valence-corrected chi connectivity index (χ2v) is 6.39. The zero-order chi connectivity index (χ0) is 20.1. The number of imide groups is 1.